The van der Waals surface area contributed by atoms with Crippen molar-refractivity contribution >= 4 is 11.8 Å². The van der Waals surface area contributed by atoms with Crippen molar-refractivity contribution in [3.05, 3.63) is 23.5 Å². The fourth-order valence-corrected chi connectivity index (χ4v) is 2.40. The molecule has 0 fully saturated rings. The number of methoxy groups -OCH3 is 2. The maximum atomic E-state index is 5.40. The van der Waals surface area contributed by atoms with Gasteiger partial charge in [-0.25, -0.2) is 0 Å². The zero-order chi connectivity index (χ0) is 12.3. The fourth-order valence-electron chi connectivity index (χ4n) is 1.52. The lowest BCUT2D eigenvalue weighted by molar-refractivity contribution is 0.0790. The molecule has 0 amide bonds. The second-order valence-electron chi connectivity index (χ2n) is 3.82. The van der Waals surface area contributed by atoms with Crippen LogP contribution < -0.4 is 0 Å². The van der Waals surface area contributed by atoms with Gasteiger partial charge in [0.05, 0.1) is 32.7 Å². The predicted molar refractivity (Wildman–Crippen MR) is 72.4 cm³/mol. The molecule has 3 nitrogen and oxygen atoms in total. The van der Waals surface area contributed by atoms with Crippen LogP contribution in [0.4, 0.5) is 0 Å². The van der Waals surface area contributed by atoms with Gasteiger partial charge in [-0.1, -0.05) is 11.6 Å². The molecule has 0 spiro atoms. The first-order chi connectivity index (χ1) is 8.36. The molecule has 17 heavy (non-hydrogen) atoms. The molecule has 0 aliphatic heterocycles. The Balaban J connectivity index is 2.00. The van der Waals surface area contributed by atoms with E-state index in [1.807, 2.05) is 11.8 Å². The molecule has 1 aliphatic rings. The normalized spacial score (nSPS) is 15.4. The van der Waals surface area contributed by atoms with Gasteiger partial charge in [0.25, 0.3) is 0 Å². The molecule has 0 bridgehead atoms. The van der Waals surface area contributed by atoms with E-state index in [4.69, 9.17) is 14.2 Å². The Hall–Kier alpha value is -0.450. The lowest BCUT2D eigenvalue weighted by Gasteiger charge is -2.13. The lowest BCUT2D eigenvalue weighted by Crippen LogP contribution is -2.05. The summed E-state index contributed by atoms with van der Waals surface area (Å²) < 4.78 is 15.5. The maximum Gasteiger partial charge on any atom is 0.0958 e. The molecule has 1 rings (SSSR count). The van der Waals surface area contributed by atoms with Gasteiger partial charge in [-0.15, -0.1) is 0 Å². The van der Waals surface area contributed by atoms with Crippen LogP contribution >= 0.6 is 11.8 Å². The third-order valence-corrected chi connectivity index (χ3v) is 3.58. The Kier molecular flexibility index (Phi) is 8.22. The van der Waals surface area contributed by atoms with Gasteiger partial charge in [-0.2, -0.15) is 11.8 Å². The van der Waals surface area contributed by atoms with Crippen LogP contribution in [0.5, 0.6) is 0 Å². The Bertz CT molecular complexity index is 261. The molecule has 0 saturated heterocycles. The highest BCUT2D eigenvalue weighted by Crippen LogP contribution is 2.21. The molecule has 4 heteroatoms. The Labute approximate surface area is 108 Å². The average molecular weight is 258 g/mol. The molecule has 0 aromatic carbocycles. The highest BCUT2D eigenvalue weighted by molar-refractivity contribution is 7.99. The van der Waals surface area contributed by atoms with Gasteiger partial charge in [-0.3, -0.25) is 0 Å². The van der Waals surface area contributed by atoms with Crippen LogP contribution in [0.1, 0.15) is 12.8 Å². The summed E-state index contributed by atoms with van der Waals surface area (Å²) in [6, 6.07) is 0. The quantitative estimate of drug-likeness (QED) is 0.594. The summed E-state index contributed by atoms with van der Waals surface area (Å²) in [5.74, 6) is 3.23. The Morgan fingerprint density at radius 1 is 1.12 bits per heavy atom. The summed E-state index contributed by atoms with van der Waals surface area (Å²) in [4.78, 5) is 0. The van der Waals surface area contributed by atoms with E-state index in [2.05, 4.69) is 12.2 Å². The van der Waals surface area contributed by atoms with Gasteiger partial charge in [0.1, 0.15) is 0 Å². The zero-order valence-electron chi connectivity index (χ0n) is 10.7. The van der Waals surface area contributed by atoms with Gasteiger partial charge in [0.15, 0.2) is 0 Å². The van der Waals surface area contributed by atoms with E-state index in [1.54, 1.807) is 14.2 Å². The van der Waals surface area contributed by atoms with Crippen molar-refractivity contribution in [3.8, 4) is 0 Å². The summed E-state index contributed by atoms with van der Waals surface area (Å²) in [5, 5.41) is 0. The van der Waals surface area contributed by atoms with Gasteiger partial charge in [0, 0.05) is 25.0 Å². The summed E-state index contributed by atoms with van der Waals surface area (Å²) in [5.41, 5.74) is 1.49. The third-order valence-electron chi connectivity index (χ3n) is 2.55. The number of thioether (sulfide) groups is 1. The summed E-state index contributed by atoms with van der Waals surface area (Å²) >= 11 is 1.92. The number of rotatable bonds is 9. The molecule has 0 aromatic heterocycles. The predicted octanol–water partition coefficient (Wildman–Crippen LogP) is 2.63. The highest BCUT2D eigenvalue weighted by atomic mass is 32.2. The van der Waals surface area contributed by atoms with Gasteiger partial charge in [-0.05, 0) is 12.5 Å². The van der Waals surface area contributed by atoms with E-state index >= 15 is 0 Å². The average Bonchev–Trinajstić information content (AvgIpc) is 2.38. The standard InChI is InChI=1S/C13H22O3S/c1-14-7-8-16-9-10-17-11-12-3-5-13(15-2)6-4-12/h3,5H,4,6-11H2,1-2H3. The minimum Gasteiger partial charge on any atom is -0.501 e. The van der Waals surface area contributed by atoms with Crippen molar-refractivity contribution in [3.63, 3.8) is 0 Å². The van der Waals surface area contributed by atoms with Crippen molar-refractivity contribution in [2.75, 3.05) is 45.5 Å². The summed E-state index contributed by atoms with van der Waals surface area (Å²) in [6.45, 7) is 2.18. The highest BCUT2D eigenvalue weighted by Gasteiger charge is 2.06. The number of ether oxygens (including phenoxy) is 3. The molecule has 0 aromatic rings. The summed E-state index contributed by atoms with van der Waals surface area (Å²) in [7, 11) is 3.42. The van der Waals surface area contributed by atoms with Gasteiger partial charge < -0.3 is 14.2 Å². The molecular formula is C13H22O3S. The van der Waals surface area contributed by atoms with Crippen LogP contribution in [0.3, 0.4) is 0 Å². The van der Waals surface area contributed by atoms with Crippen LogP contribution in [0, 0.1) is 0 Å². The summed E-state index contributed by atoms with van der Waals surface area (Å²) in [6.07, 6.45) is 6.42. The molecule has 98 valence electrons. The number of hydrogen-bond donors (Lipinski definition) is 0. The second kappa shape index (κ2) is 9.57. The Morgan fingerprint density at radius 2 is 2.00 bits per heavy atom. The van der Waals surface area contributed by atoms with Crippen molar-refractivity contribution < 1.29 is 14.2 Å². The van der Waals surface area contributed by atoms with Crippen molar-refractivity contribution in [2.45, 2.75) is 12.8 Å². The van der Waals surface area contributed by atoms with E-state index < -0.39 is 0 Å². The molecule has 0 radical (unpaired) electrons. The first-order valence-corrected chi connectivity index (χ1v) is 7.09. The van der Waals surface area contributed by atoms with Crippen LogP contribution in [-0.4, -0.2) is 45.5 Å². The smallest absolute Gasteiger partial charge is 0.0958 e. The first kappa shape index (κ1) is 14.6. The minimum atomic E-state index is 0.681. The van der Waals surface area contributed by atoms with Crippen molar-refractivity contribution in [2.24, 2.45) is 0 Å². The monoisotopic (exact) mass is 258 g/mol. The van der Waals surface area contributed by atoms with Gasteiger partial charge >= 0.3 is 0 Å². The fraction of sp³-hybridized carbons (Fsp3) is 0.692. The van der Waals surface area contributed by atoms with Crippen LogP contribution in [0.25, 0.3) is 0 Å². The number of allylic oxidation sites excluding steroid dienone is 3. The van der Waals surface area contributed by atoms with E-state index in [0.29, 0.717) is 13.2 Å². The zero-order valence-corrected chi connectivity index (χ0v) is 11.6. The van der Waals surface area contributed by atoms with E-state index in [0.717, 1.165) is 36.7 Å². The molecule has 0 saturated carbocycles. The largest absolute Gasteiger partial charge is 0.501 e. The van der Waals surface area contributed by atoms with Gasteiger partial charge in [0.2, 0.25) is 0 Å². The second-order valence-corrected chi connectivity index (χ2v) is 4.92. The maximum absolute atomic E-state index is 5.40. The molecule has 0 heterocycles. The first-order valence-electron chi connectivity index (χ1n) is 5.94. The van der Waals surface area contributed by atoms with Crippen molar-refractivity contribution in [1.82, 2.24) is 0 Å². The molecule has 0 unspecified atom stereocenters. The lowest BCUT2D eigenvalue weighted by atomic mass is 10.1. The molecule has 1 aliphatic carbocycles. The SMILES string of the molecule is COCCOCCSCC1=CC=C(OC)CC1. The third kappa shape index (κ3) is 6.76. The van der Waals surface area contributed by atoms with Crippen molar-refractivity contribution in [1.29, 1.82) is 0 Å². The molecule has 0 N–H and O–H groups in total. The van der Waals surface area contributed by atoms with E-state index in [9.17, 15) is 0 Å². The van der Waals surface area contributed by atoms with E-state index in [1.165, 1.54) is 5.57 Å². The van der Waals surface area contributed by atoms with Crippen LogP contribution in [0.2, 0.25) is 0 Å². The van der Waals surface area contributed by atoms with Crippen LogP contribution in [-0.2, 0) is 14.2 Å². The van der Waals surface area contributed by atoms with Crippen LogP contribution in [0.15, 0.2) is 23.5 Å². The van der Waals surface area contributed by atoms with E-state index in [-0.39, 0.29) is 0 Å². The Morgan fingerprint density at radius 3 is 2.65 bits per heavy atom. The topological polar surface area (TPSA) is 27.7 Å². The molecular weight excluding hydrogens is 236 g/mol. The number of hydrogen-bond acceptors (Lipinski definition) is 4. The minimum absolute atomic E-state index is 0.681. The molecule has 0 atom stereocenters.